The van der Waals surface area contributed by atoms with Crippen LogP contribution in [-0.2, 0) is 14.3 Å². The molecule has 0 saturated heterocycles. The third-order valence-corrected chi connectivity index (χ3v) is 4.40. The molecule has 5 nitrogen and oxygen atoms in total. The maximum Gasteiger partial charge on any atom is 0.349 e. The number of amides is 1. The number of ether oxygens (including phenoxy) is 2. The fourth-order valence-corrected chi connectivity index (χ4v) is 2.98. The van der Waals surface area contributed by atoms with Crippen molar-refractivity contribution in [3.8, 4) is 5.75 Å². The third kappa shape index (κ3) is 4.02. The summed E-state index contributed by atoms with van der Waals surface area (Å²) in [6, 6.07) is 8.90. The molecule has 0 bridgehead atoms. The Bertz CT molecular complexity index is 984. The van der Waals surface area contributed by atoms with Gasteiger partial charge in [0, 0.05) is 21.7 Å². The summed E-state index contributed by atoms with van der Waals surface area (Å²) in [5.41, 5.74) is 0.606. The van der Waals surface area contributed by atoms with Crippen molar-refractivity contribution < 1.29 is 23.5 Å². The number of hydrogen-bond acceptors (Lipinski definition) is 4. The van der Waals surface area contributed by atoms with Crippen LogP contribution in [-0.4, -0.2) is 24.1 Å². The van der Waals surface area contributed by atoms with E-state index >= 15 is 0 Å². The highest BCUT2D eigenvalue weighted by molar-refractivity contribution is 6.36. The van der Waals surface area contributed by atoms with Gasteiger partial charge >= 0.3 is 5.97 Å². The quantitative estimate of drug-likeness (QED) is 0.581. The van der Waals surface area contributed by atoms with Crippen LogP contribution in [0.4, 0.5) is 10.1 Å². The molecular formula is C21H19ClFNO4. The molecule has 0 radical (unpaired) electrons. The highest BCUT2D eigenvalue weighted by Gasteiger charge is 2.32. The molecular weight excluding hydrogens is 385 g/mol. The molecule has 1 aliphatic heterocycles. The van der Waals surface area contributed by atoms with Gasteiger partial charge in [-0.05, 0) is 57.2 Å². The number of halogens is 2. The van der Waals surface area contributed by atoms with Gasteiger partial charge < -0.3 is 14.8 Å². The normalized spacial score (nSPS) is 14.6. The molecule has 1 amide bonds. The van der Waals surface area contributed by atoms with Crippen molar-refractivity contribution in [1.82, 2.24) is 0 Å². The van der Waals surface area contributed by atoms with Gasteiger partial charge in [-0.15, -0.1) is 0 Å². The second-order valence-electron chi connectivity index (χ2n) is 6.72. The lowest BCUT2D eigenvalue weighted by atomic mass is 10.0. The number of fused-ring (bicyclic) bond motifs is 1. The number of carbonyl (C=O) groups excluding carboxylic acids is 2. The van der Waals surface area contributed by atoms with Crippen molar-refractivity contribution in [3.63, 3.8) is 0 Å². The van der Waals surface area contributed by atoms with E-state index in [0.29, 0.717) is 27.4 Å². The lowest BCUT2D eigenvalue weighted by Crippen LogP contribution is -2.39. The summed E-state index contributed by atoms with van der Waals surface area (Å²) in [7, 11) is 0. The van der Waals surface area contributed by atoms with E-state index in [1.165, 1.54) is 24.3 Å². The van der Waals surface area contributed by atoms with E-state index in [4.69, 9.17) is 21.1 Å². The molecule has 1 heterocycles. The standard InChI is InChI=1S/C21H19ClFNO4/c1-4-27-20(26)21(2,3)28-18-8-6-14(23)9-12(18)10-16-15-7-5-13(22)11-17(15)24-19(16)25/h5-11H,4H2,1-3H3,(H,24,25)/b16-10-. The van der Waals surface area contributed by atoms with Crippen LogP contribution in [0.15, 0.2) is 36.4 Å². The smallest absolute Gasteiger partial charge is 0.349 e. The molecule has 0 fully saturated rings. The van der Waals surface area contributed by atoms with Gasteiger partial charge in [0.1, 0.15) is 11.6 Å². The largest absolute Gasteiger partial charge is 0.476 e. The molecule has 0 aliphatic carbocycles. The summed E-state index contributed by atoms with van der Waals surface area (Å²) < 4.78 is 24.7. The molecule has 1 aliphatic rings. The zero-order valence-electron chi connectivity index (χ0n) is 15.6. The van der Waals surface area contributed by atoms with Crippen molar-refractivity contribution in [2.45, 2.75) is 26.4 Å². The van der Waals surface area contributed by atoms with Crippen molar-refractivity contribution in [3.05, 3.63) is 58.4 Å². The van der Waals surface area contributed by atoms with Crippen molar-refractivity contribution in [1.29, 1.82) is 0 Å². The molecule has 146 valence electrons. The van der Waals surface area contributed by atoms with Gasteiger partial charge in [-0.25, -0.2) is 9.18 Å². The van der Waals surface area contributed by atoms with Crippen LogP contribution in [0.5, 0.6) is 5.75 Å². The molecule has 0 saturated carbocycles. The summed E-state index contributed by atoms with van der Waals surface area (Å²) in [5.74, 6) is -1.13. The molecule has 2 aromatic carbocycles. The minimum Gasteiger partial charge on any atom is -0.476 e. The first-order valence-electron chi connectivity index (χ1n) is 8.70. The van der Waals surface area contributed by atoms with Gasteiger partial charge in [0.2, 0.25) is 0 Å². The van der Waals surface area contributed by atoms with E-state index in [9.17, 15) is 14.0 Å². The first kappa shape index (κ1) is 19.9. The topological polar surface area (TPSA) is 64.6 Å². The predicted molar refractivity (Wildman–Crippen MR) is 106 cm³/mol. The summed E-state index contributed by atoms with van der Waals surface area (Å²) in [4.78, 5) is 24.5. The van der Waals surface area contributed by atoms with E-state index in [0.717, 1.165) is 0 Å². The highest BCUT2D eigenvalue weighted by Crippen LogP contribution is 2.36. The predicted octanol–water partition coefficient (Wildman–Crippen LogP) is 4.69. The van der Waals surface area contributed by atoms with Gasteiger partial charge in [-0.2, -0.15) is 0 Å². The molecule has 0 atom stereocenters. The second kappa shape index (κ2) is 7.64. The van der Waals surface area contributed by atoms with E-state index in [-0.39, 0.29) is 18.3 Å². The van der Waals surface area contributed by atoms with Gasteiger partial charge in [-0.1, -0.05) is 17.7 Å². The first-order valence-corrected chi connectivity index (χ1v) is 9.08. The maximum atomic E-state index is 13.9. The van der Waals surface area contributed by atoms with Crippen LogP contribution < -0.4 is 10.1 Å². The maximum absolute atomic E-state index is 13.9. The Kier molecular flexibility index (Phi) is 5.42. The number of hydrogen-bond donors (Lipinski definition) is 1. The average molecular weight is 404 g/mol. The third-order valence-electron chi connectivity index (χ3n) is 4.17. The lowest BCUT2D eigenvalue weighted by molar-refractivity contribution is -0.158. The van der Waals surface area contributed by atoms with Crippen LogP contribution >= 0.6 is 11.6 Å². The number of nitrogens with one attached hydrogen (secondary N) is 1. The van der Waals surface area contributed by atoms with Crippen molar-refractivity contribution >= 4 is 40.8 Å². The molecule has 1 N–H and O–H groups in total. The van der Waals surface area contributed by atoms with Gasteiger partial charge in [0.25, 0.3) is 5.91 Å². The number of carbonyl (C=O) groups is 2. The molecule has 0 unspecified atom stereocenters. The van der Waals surface area contributed by atoms with Crippen LogP contribution in [0, 0.1) is 5.82 Å². The number of anilines is 1. The fourth-order valence-electron chi connectivity index (χ4n) is 2.81. The van der Waals surface area contributed by atoms with Crippen molar-refractivity contribution in [2.24, 2.45) is 0 Å². The van der Waals surface area contributed by atoms with Crippen LogP contribution in [0.2, 0.25) is 5.02 Å². The lowest BCUT2D eigenvalue weighted by Gasteiger charge is -2.25. The van der Waals surface area contributed by atoms with Gasteiger partial charge in [0.05, 0.1) is 12.3 Å². The molecule has 7 heteroatoms. The zero-order valence-corrected chi connectivity index (χ0v) is 16.4. The molecule has 2 aromatic rings. The Labute approximate surface area is 167 Å². The Hall–Kier alpha value is -2.86. The number of rotatable bonds is 5. The molecule has 28 heavy (non-hydrogen) atoms. The Balaban J connectivity index is 2.02. The van der Waals surface area contributed by atoms with E-state index in [2.05, 4.69) is 5.32 Å². The van der Waals surface area contributed by atoms with Crippen LogP contribution in [0.1, 0.15) is 31.9 Å². The van der Waals surface area contributed by atoms with E-state index < -0.39 is 17.4 Å². The number of benzene rings is 2. The SMILES string of the molecule is CCOC(=O)C(C)(C)Oc1ccc(F)cc1/C=C1\C(=O)Nc2cc(Cl)ccc21. The molecule has 3 rings (SSSR count). The monoisotopic (exact) mass is 403 g/mol. The summed E-state index contributed by atoms with van der Waals surface area (Å²) in [5, 5.41) is 3.22. The van der Waals surface area contributed by atoms with E-state index in [1.54, 1.807) is 39.0 Å². The summed E-state index contributed by atoms with van der Waals surface area (Å²) in [6.07, 6.45) is 1.52. The highest BCUT2D eigenvalue weighted by atomic mass is 35.5. The zero-order chi connectivity index (χ0) is 20.5. The average Bonchev–Trinajstić information content (AvgIpc) is 2.92. The molecule has 0 spiro atoms. The Morgan fingerprint density at radius 3 is 2.71 bits per heavy atom. The summed E-state index contributed by atoms with van der Waals surface area (Å²) in [6.45, 7) is 5.03. The summed E-state index contributed by atoms with van der Waals surface area (Å²) >= 11 is 5.97. The van der Waals surface area contributed by atoms with Crippen LogP contribution in [0.25, 0.3) is 11.6 Å². The second-order valence-corrected chi connectivity index (χ2v) is 7.15. The van der Waals surface area contributed by atoms with E-state index in [1.807, 2.05) is 0 Å². The molecule has 0 aromatic heterocycles. The fraction of sp³-hybridized carbons (Fsp3) is 0.238. The Morgan fingerprint density at radius 1 is 1.25 bits per heavy atom. The van der Waals surface area contributed by atoms with Crippen molar-refractivity contribution in [2.75, 3.05) is 11.9 Å². The van der Waals surface area contributed by atoms with Gasteiger partial charge in [0.15, 0.2) is 5.60 Å². The minimum absolute atomic E-state index is 0.214. The minimum atomic E-state index is -1.29. The number of esters is 1. The Morgan fingerprint density at radius 2 is 2.00 bits per heavy atom. The van der Waals surface area contributed by atoms with Crippen LogP contribution in [0.3, 0.4) is 0 Å². The van der Waals surface area contributed by atoms with Gasteiger partial charge in [-0.3, -0.25) is 4.79 Å². The first-order chi connectivity index (χ1) is 13.2.